The standard InChI is InChI=1S/C12H18FNO3S/c1-3-10(6-7-15)14-18(16,17)12-5-4-9(2)8-11(12)13/h4-5,8,10,14-15H,3,6-7H2,1-2H3. The molecule has 1 unspecified atom stereocenters. The van der Waals surface area contributed by atoms with Gasteiger partial charge in [-0.1, -0.05) is 13.0 Å². The molecule has 0 bridgehead atoms. The van der Waals surface area contributed by atoms with Crippen LogP contribution in [0.5, 0.6) is 0 Å². The van der Waals surface area contributed by atoms with Gasteiger partial charge in [0.15, 0.2) is 0 Å². The average Bonchev–Trinajstić information content (AvgIpc) is 2.27. The molecule has 0 aliphatic heterocycles. The average molecular weight is 275 g/mol. The van der Waals surface area contributed by atoms with Gasteiger partial charge in [0.05, 0.1) is 0 Å². The van der Waals surface area contributed by atoms with E-state index in [0.29, 0.717) is 18.4 Å². The molecule has 4 nitrogen and oxygen atoms in total. The van der Waals surface area contributed by atoms with Crippen LogP contribution in [0.3, 0.4) is 0 Å². The number of aliphatic hydroxyl groups is 1. The minimum atomic E-state index is -3.88. The Morgan fingerprint density at radius 1 is 1.44 bits per heavy atom. The minimum absolute atomic E-state index is 0.114. The molecule has 102 valence electrons. The lowest BCUT2D eigenvalue weighted by Gasteiger charge is -2.16. The summed E-state index contributed by atoms with van der Waals surface area (Å²) in [5.74, 6) is -0.763. The van der Waals surface area contributed by atoms with Gasteiger partial charge < -0.3 is 5.11 Å². The van der Waals surface area contributed by atoms with Crippen LogP contribution in [0, 0.1) is 12.7 Å². The van der Waals surface area contributed by atoms with Gasteiger partial charge in [0.2, 0.25) is 10.0 Å². The molecule has 0 radical (unpaired) electrons. The topological polar surface area (TPSA) is 66.4 Å². The van der Waals surface area contributed by atoms with Crippen molar-refractivity contribution in [3.05, 3.63) is 29.6 Å². The van der Waals surface area contributed by atoms with Crippen LogP contribution in [0.25, 0.3) is 0 Å². The van der Waals surface area contributed by atoms with Crippen LogP contribution in [-0.4, -0.2) is 26.2 Å². The molecule has 1 rings (SSSR count). The van der Waals surface area contributed by atoms with Crippen LogP contribution < -0.4 is 4.72 Å². The first kappa shape index (κ1) is 15.1. The molecule has 0 aromatic heterocycles. The Bertz CT molecular complexity index is 502. The molecular formula is C12H18FNO3S. The number of benzene rings is 1. The second kappa shape index (κ2) is 6.26. The Morgan fingerprint density at radius 2 is 2.11 bits per heavy atom. The third-order valence-electron chi connectivity index (χ3n) is 2.67. The Kier molecular flexibility index (Phi) is 5.25. The molecular weight excluding hydrogens is 257 g/mol. The minimum Gasteiger partial charge on any atom is -0.396 e. The molecule has 0 saturated carbocycles. The van der Waals surface area contributed by atoms with Gasteiger partial charge in [0.25, 0.3) is 0 Å². The van der Waals surface area contributed by atoms with E-state index >= 15 is 0 Å². The zero-order valence-electron chi connectivity index (χ0n) is 10.5. The fraction of sp³-hybridized carbons (Fsp3) is 0.500. The molecule has 0 saturated heterocycles. The number of halogens is 1. The zero-order chi connectivity index (χ0) is 13.8. The maximum Gasteiger partial charge on any atom is 0.243 e. The van der Waals surface area contributed by atoms with Crippen LogP contribution in [0.2, 0.25) is 0 Å². The fourth-order valence-corrected chi connectivity index (χ4v) is 3.02. The van der Waals surface area contributed by atoms with Gasteiger partial charge in [-0.05, 0) is 37.5 Å². The number of hydrogen-bond acceptors (Lipinski definition) is 3. The van der Waals surface area contributed by atoms with Crippen LogP contribution in [0.15, 0.2) is 23.1 Å². The smallest absolute Gasteiger partial charge is 0.243 e. The van der Waals surface area contributed by atoms with Crippen molar-refractivity contribution < 1.29 is 17.9 Å². The fourth-order valence-electron chi connectivity index (χ4n) is 1.61. The number of rotatable bonds is 6. The Balaban J connectivity index is 2.99. The lowest BCUT2D eigenvalue weighted by molar-refractivity contribution is 0.270. The molecule has 2 N–H and O–H groups in total. The molecule has 0 amide bonds. The quantitative estimate of drug-likeness (QED) is 0.828. The first-order valence-corrected chi connectivity index (χ1v) is 7.28. The number of aliphatic hydroxyl groups excluding tert-OH is 1. The lowest BCUT2D eigenvalue weighted by Crippen LogP contribution is -2.35. The number of hydrogen-bond donors (Lipinski definition) is 2. The van der Waals surface area contributed by atoms with E-state index in [2.05, 4.69) is 4.72 Å². The highest BCUT2D eigenvalue weighted by molar-refractivity contribution is 7.89. The van der Waals surface area contributed by atoms with Crippen molar-refractivity contribution in [2.24, 2.45) is 0 Å². The van der Waals surface area contributed by atoms with Crippen LogP contribution in [0.4, 0.5) is 4.39 Å². The number of sulfonamides is 1. The molecule has 18 heavy (non-hydrogen) atoms. The molecule has 1 aromatic carbocycles. The highest BCUT2D eigenvalue weighted by Crippen LogP contribution is 2.16. The summed E-state index contributed by atoms with van der Waals surface area (Å²) in [6.07, 6.45) is 0.844. The van der Waals surface area contributed by atoms with Crippen molar-refractivity contribution >= 4 is 10.0 Å². The van der Waals surface area contributed by atoms with Crippen molar-refractivity contribution in [1.82, 2.24) is 4.72 Å². The summed E-state index contributed by atoms with van der Waals surface area (Å²) >= 11 is 0. The molecule has 0 aliphatic rings. The highest BCUT2D eigenvalue weighted by Gasteiger charge is 2.22. The molecule has 1 aromatic rings. The van der Waals surface area contributed by atoms with Gasteiger partial charge in [0, 0.05) is 12.6 Å². The largest absolute Gasteiger partial charge is 0.396 e. The van der Waals surface area contributed by atoms with Crippen LogP contribution in [-0.2, 0) is 10.0 Å². The van der Waals surface area contributed by atoms with Gasteiger partial charge in [-0.2, -0.15) is 0 Å². The summed E-state index contributed by atoms with van der Waals surface area (Å²) in [5, 5.41) is 8.82. The molecule has 0 aliphatic carbocycles. The second-order valence-electron chi connectivity index (χ2n) is 4.17. The molecule has 0 heterocycles. The maximum absolute atomic E-state index is 13.6. The maximum atomic E-state index is 13.6. The molecule has 0 fully saturated rings. The van der Waals surface area contributed by atoms with E-state index in [1.165, 1.54) is 12.1 Å². The number of aryl methyl sites for hydroxylation is 1. The summed E-state index contributed by atoms with van der Waals surface area (Å²) < 4.78 is 40.0. The molecule has 1 atom stereocenters. The Hall–Kier alpha value is -0.980. The van der Waals surface area contributed by atoms with Gasteiger partial charge in [-0.3, -0.25) is 0 Å². The summed E-state index contributed by atoms with van der Waals surface area (Å²) in [4.78, 5) is -0.357. The predicted octanol–water partition coefficient (Wildman–Crippen LogP) is 1.57. The van der Waals surface area contributed by atoms with Crippen LogP contribution in [0.1, 0.15) is 25.3 Å². The van der Waals surface area contributed by atoms with Gasteiger partial charge in [-0.15, -0.1) is 0 Å². The van der Waals surface area contributed by atoms with Gasteiger partial charge in [-0.25, -0.2) is 17.5 Å². The predicted molar refractivity (Wildman–Crippen MR) is 67.2 cm³/mol. The Labute approximate surface area is 107 Å². The summed E-state index contributed by atoms with van der Waals surface area (Å²) in [6.45, 7) is 3.37. The monoisotopic (exact) mass is 275 g/mol. The number of nitrogens with one attached hydrogen (secondary N) is 1. The first-order valence-electron chi connectivity index (χ1n) is 5.80. The van der Waals surface area contributed by atoms with Crippen molar-refractivity contribution in [3.8, 4) is 0 Å². The van der Waals surface area contributed by atoms with Crippen molar-refractivity contribution in [2.45, 2.75) is 37.6 Å². The van der Waals surface area contributed by atoms with E-state index in [1.807, 2.05) is 0 Å². The SMILES string of the molecule is CCC(CCO)NS(=O)(=O)c1ccc(C)cc1F. The van der Waals surface area contributed by atoms with E-state index in [1.54, 1.807) is 19.9 Å². The first-order chi connectivity index (χ1) is 8.40. The van der Waals surface area contributed by atoms with Crippen molar-refractivity contribution in [1.29, 1.82) is 0 Å². The van der Waals surface area contributed by atoms with Gasteiger partial charge >= 0.3 is 0 Å². The van der Waals surface area contributed by atoms with Crippen molar-refractivity contribution in [2.75, 3.05) is 6.61 Å². The lowest BCUT2D eigenvalue weighted by atomic mass is 10.2. The highest BCUT2D eigenvalue weighted by atomic mass is 32.2. The third-order valence-corrected chi connectivity index (χ3v) is 4.22. The van der Waals surface area contributed by atoms with E-state index in [4.69, 9.17) is 5.11 Å². The Morgan fingerprint density at radius 3 is 2.61 bits per heavy atom. The molecule has 6 heteroatoms. The van der Waals surface area contributed by atoms with E-state index < -0.39 is 15.8 Å². The third kappa shape index (κ3) is 3.76. The zero-order valence-corrected chi connectivity index (χ0v) is 11.3. The van der Waals surface area contributed by atoms with E-state index in [9.17, 15) is 12.8 Å². The molecule has 0 spiro atoms. The van der Waals surface area contributed by atoms with Gasteiger partial charge in [0.1, 0.15) is 10.7 Å². The van der Waals surface area contributed by atoms with Crippen molar-refractivity contribution in [3.63, 3.8) is 0 Å². The van der Waals surface area contributed by atoms with E-state index in [-0.39, 0.29) is 17.5 Å². The normalized spacial score (nSPS) is 13.6. The second-order valence-corrected chi connectivity index (χ2v) is 5.86. The summed E-state index contributed by atoms with van der Waals surface area (Å²) in [6, 6.07) is 3.59. The summed E-state index contributed by atoms with van der Waals surface area (Å²) in [5.41, 5.74) is 0.661. The van der Waals surface area contributed by atoms with Crippen LogP contribution >= 0.6 is 0 Å². The van der Waals surface area contributed by atoms with E-state index in [0.717, 1.165) is 0 Å². The summed E-state index contributed by atoms with van der Waals surface area (Å²) in [7, 11) is -3.88.